The van der Waals surface area contributed by atoms with E-state index in [1.165, 1.54) is 63.9 Å². The van der Waals surface area contributed by atoms with Crippen LogP contribution in [-0.4, -0.2) is 4.57 Å². The lowest BCUT2D eigenvalue weighted by molar-refractivity contribution is 1.18. The first-order valence-electron chi connectivity index (χ1n) is 16.7. The zero-order valence-corrected chi connectivity index (χ0v) is 27.4. The Morgan fingerprint density at radius 3 is 1.98 bits per heavy atom. The Labute approximate surface area is 288 Å². The lowest BCUT2D eigenvalue weighted by atomic mass is 10.00. The Kier molecular flexibility index (Phi) is 6.39. The third-order valence-electron chi connectivity index (χ3n) is 9.76. The predicted molar refractivity (Wildman–Crippen MR) is 211 cm³/mol. The molecule has 0 amide bonds. The number of anilines is 3. The van der Waals surface area contributed by atoms with Gasteiger partial charge < -0.3 is 9.47 Å². The molecule has 0 bridgehead atoms. The summed E-state index contributed by atoms with van der Waals surface area (Å²) in [6.45, 7) is 0. The first-order valence-corrected chi connectivity index (χ1v) is 17.5. The van der Waals surface area contributed by atoms with Crippen LogP contribution in [0.25, 0.3) is 69.6 Å². The fourth-order valence-electron chi connectivity index (χ4n) is 7.59. The van der Waals surface area contributed by atoms with Crippen LogP contribution in [0.1, 0.15) is 0 Å². The molecule has 0 fully saturated rings. The average molecular weight is 643 g/mol. The fraction of sp³-hybridized carbons (Fsp3) is 0. The summed E-state index contributed by atoms with van der Waals surface area (Å²) in [5.41, 5.74) is 9.32. The number of fused-ring (bicyclic) bond motifs is 8. The Morgan fingerprint density at radius 2 is 1.10 bits per heavy atom. The summed E-state index contributed by atoms with van der Waals surface area (Å²) in [5, 5.41) is 7.66. The van der Waals surface area contributed by atoms with E-state index in [1.54, 1.807) is 0 Å². The van der Waals surface area contributed by atoms with Crippen LogP contribution in [0, 0.1) is 0 Å². The summed E-state index contributed by atoms with van der Waals surface area (Å²) in [5.74, 6) is 0. The minimum Gasteiger partial charge on any atom is -0.310 e. The van der Waals surface area contributed by atoms with Crippen molar-refractivity contribution in [1.29, 1.82) is 0 Å². The molecule has 0 aliphatic rings. The van der Waals surface area contributed by atoms with Crippen molar-refractivity contribution in [1.82, 2.24) is 4.57 Å². The standard InChI is InChI=1S/C46H30N2S/c1-3-13-31(14-4-1)36-17-7-10-20-41(36)47(34-24-26-37-32(29-34)23-28-45-46(37)39-19-9-12-22-44(39)49-45)35-25-27-43-40(30-35)38-18-8-11-21-42(38)48(43)33-15-5-2-6-16-33/h1-30H. The van der Waals surface area contributed by atoms with Crippen LogP contribution in [-0.2, 0) is 0 Å². The van der Waals surface area contributed by atoms with Crippen LogP contribution in [0.15, 0.2) is 182 Å². The number of rotatable bonds is 5. The van der Waals surface area contributed by atoms with E-state index in [9.17, 15) is 0 Å². The van der Waals surface area contributed by atoms with Crippen LogP contribution in [0.3, 0.4) is 0 Å². The maximum atomic E-state index is 2.44. The molecule has 2 heterocycles. The van der Waals surface area contributed by atoms with E-state index in [4.69, 9.17) is 0 Å². The van der Waals surface area contributed by atoms with Crippen molar-refractivity contribution in [2.75, 3.05) is 4.90 Å². The Morgan fingerprint density at radius 1 is 0.429 bits per heavy atom. The van der Waals surface area contributed by atoms with Gasteiger partial charge in [0, 0.05) is 53.6 Å². The molecule has 0 N–H and O–H groups in total. The molecule has 0 atom stereocenters. The van der Waals surface area contributed by atoms with Gasteiger partial charge in [-0.3, -0.25) is 0 Å². The maximum absolute atomic E-state index is 2.44. The first-order chi connectivity index (χ1) is 24.3. The van der Waals surface area contributed by atoms with Crippen LogP contribution >= 0.6 is 11.3 Å². The molecule has 49 heavy (non-hydrogen) atoms. The highest BCUT2D eigenvalue weighted by molar-refractivity contribution is 7.26. The lowest BCUT2D eigenvalue weighted by Crippen LogP contribution is -2.11. The van der Waals surface area contributed by atoms with Crippen molar-refractivity contribution < 1.29 is 0 Å². The van der Waals surface area contributed by atoms with Crippen LogP contribution in [0.4, 0.5) is 17.1 Å². The molecule has 0 aliphatic carbocycles. The van der Waals surface area contributed by atoms with Gasteiger partial charge in [-0.2, -0.15) is 0 Å². The van der Waals surface area contributed by atoms with Gasteiger partial charge in [0.05, 0.1) is 16.7 Å². The second-order valence-corrected chi connectivity index (χ2v) is 13.6. The fourth-order valence-corrected chi connectivity index (χ4v) is 8.71. The smallest absolute Gasteiger partial charge is 0.0542 e. The topological polar surface area (TPSA) is 8.17 Å². The van der Waals surface area contributed by atoms with Gasteiger partial charge in [0.2, 0.25) is 0 Å². The highest BCUT2D eigenvalue weighted by Crippen LogP contribution is 2.45. The van der Waals surface area contributed by atoms with E-state index < -0.39 is 0 Å². The Bertz CT molecular complexity index is 2830. The minimum absolute atomic E-state index is 1.12. The third-order valence-corrected chi connectivity index (χ3v) is 10.9. The van der Waals surface area contributed by atoms with Gasteiger partial charge in [0.15, 0.2) is 0 Å². The van der Waals surface area contributed by atoms with Gasteiger partial charge in [-0.25, -0.2) is 0 Å². The molecule has 230 valence electrons. The molecule has 0 unspecified atom stereocenters. The van der Waals surface area contributed by atoms with E-state index in [0.29, 0.717) is 0 Å². The van der Waals surface area contributed by atoms with E-state index in [-0.39, 0.29) is 0 Å². The number of thiophene rings is 1. The number of nitrogens with zero attached hydrogens (tertiary/aromatic N) is 2. The molecule has 2 aromatic heterocycles. The van der Waals surface area contributed by atoms with Crippen LogP contribution in [0.2, 0.25) is 0 Å². The predicted octanol–water partition coefficient (Wildman–Crippen LogP) is 13.4. The molecule has 3 heteroatoms. The summed E-state index contributed by atoms with van der Waals surface area (Å²) < 4.78 is 5.03. The van der Waals surface area contributed by atoms with Gasteiger partial charge in [-0.1, -0.05) is 115 Å². The second-order valence-electron chi connectivity index (χ2n) is 12.6. The van der Waals surface area contributed by atoms with Crippen molar-refractivity contribution in [3.8, 4) is 16.8 Å². The lowest BCUT2D eigenvalue weighted by Gasteiger charge is -2.28. The highest BCUT2D eigenvalue weighted by Gasteiger charge is 2.20. The molecule has 0 spiro atoms. The number of benzene rings is 8. The maximum Gasteiger partial charge on any atom is 0.0542 e. The van der Waals surface area contributed by atoms with E-state index in [1.807, 2.05) is 11.3 Å². The van der Waals surface area contributed by atoms with Crippen molar-refractivity contribution in [2.45, 2.75) is 0 Å². The molecular formula is C46H30N2S. The summed E-state index contributed by atoms with van der Waals surface area (Å²) in [4.78, 5) is 2.44. The average Bonchev–Trinajstić information content (AvgIpc) is 3.72. The molecule has 0 radical (unpaired) electrons. The van der Waals surface area contributed by atoms with Gasteiger partial charge >= 0.3 is 0 Å². The highest BCUT2D eigenvalue weighted by atomic mass is 32.1. The van der Waals surface area contributed by atoms with Crippen molar-refractivity contribution in [3.63, 3.8) is 0 Å². The third kappa shape index (κ3) is 4.47. The first kappa shape index (κ1) is 27.9. The van der Waals surface area contributed by atoms with Crippen LogP contribution in [0.5, 0.6) is 0 Å². The van der Waals surface area contributed by atoms with E-state index in [2.05, 4.69) is 191 Å². The number of aromatic nitrogens is 1. The number of hydrogen-bond donors (Lipinski definition) is 0. The summed E-state index contributed by atoms with van der Waals surface area (Å²) >= 11 is 1.87. The normalized spacial score (nSPS) is 11.7. The molecule has 0 aliphatic heterocycles. The molecular weight excluding hydrogens is 613 g/mol. The molecule has 10 rings (SSSR count). The summed E-state index contributed by atoms with van der Waals surface area (Å²) in [6.07, 6.45) is 0. The Hall–Kier alpha value is -6.16. The molecule has 2 nitrogen and oxygen atoms in total. The van der Waals surface area contributed by atoms with E-state index >= 15 is 0 Å². The Balaban J connectivity index is 1.24. The monoisotopic (exact) mass is 642 g/mol. The largest absolute Gasteiger partial charge is 0.310 e. The van der Waals surface area contributed by atoms with Gasteiger partial charge in [0.25, 0.3) is 0 Å². The van der Waals surface area contributed by atoms with Gasteiger partial charge in [0.1, 0.15) is 0 Å². The molecule has 0 saturated heterocycles. The second kappa shape index (κ2) is 11.2. The zero-order chi connectivity index (χ0) is 32.3. The van der Waals surface area contributed by atoms with Gasteiger partial charge in [-0.15, -0.1) is 11.3 Å². The SMILES string of the molecule is c1ccc(-c2ccccc2N(c2ccc3c(ccc4sc5ccccc5c43)c2)c2ccc3c(c2)c2ccccc2n3-c2ccccc2)cc1. The number of para-hydroxylation sites is 3. The van der Waals surface area contributed by atoms with Crippen molar-refractivity contribution >= 4 is 81.1 Å². The quantitative estimate of drug-likeness (QED) is 0.181. The molecule has 10 aromatic rings. The van der Waals surface area contributed by atoms with E-state index in [0.717, 1.165) is 22.7 Å². The van der Waals surface area contributed by atoms with Gasteiger partial charge in [-0.05, 0) is 83.1 Å². The summed E-state index contributed by atoms with van der Waals surface area (Å²) in [7, 11) is 0. The number of hydrogen-bond acceptors (Lipinski definition) is 2. The van der Waals surface area contributed by atoms with Crippen LogP contribution < -0.4 is 4.90 Å². The molecule has 8 aromatic carbocycles. The van der Waals surface area contributed by atoms with Crippen molar-refractivity contribution in [2.24, 2.45) is 0 Å². The molecule has 0 saturated carbocycles. The summed E-state index contributed by atoms with van der Waals surface area (Å²) in [6, 6.07) is 66.2. The van der Waals surface area contributed by atoms with Crippen molar-refractivity contribution in [3.05, 3.63) is 182 Å². The zero-order valence-electron chi connectivity index (χ0n) is 26.6. The minimum atomic E-state index is 1.12.